The quantitative estimate of drug-likeness (QED) is 0.760. The second kappa shape index (κ2) is 4.20. The third-order valence-corrected chi connectivity index (χ3v) is 2.76. The first-order chi connectivity index (χ1) is 9.15. The molecule has 0 aliphatic rings. The van der Waals surface area contributed by atoms with E-state index in [0.29, 0.717) is 22.7 Å². The molecule has 0 amide bonds. The Balaban J connectivity index is 2.22. The zero-order valence-electron chi connectivity index (χ0n) is 10.1. The molecule has 0 fully saturated rings. The SMILES string of the molecule is Cc1cccc(-c2nc3c(C(=O)O)cccc3o2)n1. The highest BCUT2D eigenvalue weighted by Crippen LogP contribution is 2.25. The Bertz CT molecular complexity index is 777. The number of carbonyl (C=O) groups is 1. The van der Waals surface area contributed by atoms with Crippen LogP contribution in [0.1, 0.15) is 16.1 Å². The Morgan fingerprint density at radius 2 is 1.95 bits per heavy atom. The van der Waals surface area contributed by atoms with Crippen LogP contribution in [0.3, 0.4) is 0 Å². The molecule has 1 aromatic carbocycles. The molecule has 0 radical (unpaired) electrons. The highest BCUT2D eigenvalue weighted by molar-refractivity contribution is 6.00. The summed E-state index contributed by atoms with van der Waals surface area (Å²) in [7, 11) is 0. The van der Waals surface area contributed by atoms with E-state index in [4.69, 9.17) is 9.52 Å². The van der Waals surface area contributed by atoms with Gasteiger partial charge in [0.15, 0.2) is 5.58 Å². The van der Waals surface area contributed by atoms with Gasteiger partial charge < -0.3 is 9.52 Å². The fourth-order valence-electron chi connectivity index (χ4n) is 1.89. The van der Waals surface area contributed by atoms with Crippen LogP contribution in [-0.2, 0) is 0 Å². The Hall–Kier alpha value is -2.69. The largest absolute Gasteiger partial charge is 0.478 e. The molecule has 0 unspecified atom stereocenters. The predicted octanol–water partition coefficient (Wildman–Crippen LogP) is 2.90. The first-order valence-corrected chi connectivity index (χ1v) is 5.72. The molecule has 0 atom stereocenters. The van der Waals surface area contributed by atoms with E-state index in [-0.39, 0.29) is 5.56 Å². The molecule has 2 heterocycles. The number of carboxylic acid groups (broad SMARTS) is 1. The lowest BCUT2D eigenvalue weighted by molar-refractivity contribution is 0.0699. The number of nitrogens with zero attached hydrogens (tertiary/aromatic N) is 2. The van der Waals surface area contributed by atoms with Crippen molar-refractivity contribution in [1.82, 2.24) is 9.97 Å². The number of hydrogen-bond donors (Lipinski definition) is 1. The molecule has 0 aliphatic carbocycles. The Kier molecular flexibility index (Phi) is 2.52. The van der Waals surface area contributed by atoms with Gasteiger partial charge in [-0.2, -0.15) is 0 Å². The van der Waals surface area contributed by atoms with Crippen LogP contribution in [0, 0.1) is 6.92 Å². The molecule has 5 heteroatoms. The zero-order chi connectivity index (χ0) is 13.4. The minimum atomic E-state index is -1.03. The van der Waals surface area contributed by atoms with Gasteiger partial charge >= 0.3 is 5.97 Å². The molecule has 3 rings (SSSR count). The molecule has 1 N–H and O–H groups in total. The van der Waals surface area contributed by atoms with Crippen molar-refractivity contribution in [3.8, 4) is 11.6 Å². The standard InChI is InChI=1S/C14H10N2O3/c1-8-4-2-6-10(15-8)13-16-12-9(14(17)18)5-3-7-11(12)19-13/h2-7H,1H3,(H,17,18). The molecule has 19 heavy (non-hydrogen) atoms. The average Bonchev–Trinajstić information content (AvgIpc) is 2.82. The topological polar surface area (TPSA) is 76.2 Å². The molecule has 0 bridgehead atoms. The van der Waals surface area contributed by atoms with Gasteiger partial charge in [0.05, 0.1) is 5.56 Å². The number of aryl methyl sites for hydroxylation is 1. The summed E-state index contributed by atoms with van der Waals surface area (Å²) in [4.78, 5) is 19.7. The molecule has 5 nitrogen and oxygen atoms in total. The molecule has 0 saturated heterocycles. The van der Waals surface area contributed by atoms with Gasteiger partial charge in [-0.25, -0.2) is 14.8 Å². The van der Waals surface area contributed by atoms with E-state index in [9.17, 15) is 4.79 Å². The summed E-state index contributed by atoms with van der Waals surface area (Å²) in [6, 6.07) is 10.3. The smallest absolute Gasteiger partial charge is 0.338 e. The zero-order valence-corrected chi connectivity index (χ0v) is 10.1. The average molecular weight is 254 g/mol. The van der Waals surface area contributed by atoms with E-state index < -0.39 is 5.97 Å². The molecule has 0 spiro atoms. The molecular weight excluding hydrogens is 244 g/mol. The van der Waals surface area contributed by atoms with E-state index in [2.05, 4.69) is 9.97 Å². The number of benzene rings is 1. The second-order valence-corrected chi connectivity index (χ2v) is 4.14. The van der Waals surface area contributed by atoms with Gasteiger partial charge in [-0.3, -0.25) is 0 Å². The van der Waals surface area contributed by atoms with Crippen LogP contribution in [0.25, 0.3) is 22.7 Å². The Labute approximate surface area is 108 Å². The second-order valence-electron chi connectivity index (χ2n) is 4.14. The van der Waals surface area contributed by atoms with Crippen LogP contribution in [-0.4, -0.2) is 21.0 Å². The molecule has 94 valence electrons. The summed E-state index contributed by atoms with van der Waals surface area (Å²) in [5.41, 5.74) is 2.34. The summed E-state index contributed by atoms with van der Waals surface area (Å²) in [6.07, 6.45) is 0. The summed E-state index contributed by atoms with van der Waals surface area (Å²) in [5.74, 6) is -0.699. The summed E-state index contributed by atoms with van der Waals surface area (Å²) < 4.78 is 5.56. The number of para-hydroxylation sites is 1. The molecule has 3 aromatic rings. The van der Waals surface area contributed by atoms with Gasteiger partial charge in [0.1, 0.15) is 11.2 Å². The molecule has 0 saturated carbocycles. The maximum absolute atomic E-state index is 11.1. The van der Waals surface area contributed by atoms with Crippen molar-refractivity contribution in [2.75, 3.05) is 0 Å². The normalized spacial score (nSPS) is 10.8. The van der Waals surface area contributed by atoms with Crippen molar-refractivity contribution >= 4 is 17.1 Å². The van der Waals surface area contributed by atoms with Crippen LogP contribution >= 0.6 is 0 Å². The van der Waals surface area contributed by atoms with Gasteiger partial charge in [0.2, 0.25) is 5.89 Å². The third-order valence-electron chi connectivity index (χ3n) is 2.76. The predicted molar refractivity (Wildman–Crippen MR) is 68.9 cm³/mol. The summed E-state index contributed by atoms with van der Waals surface area (Å²) in [5, 5.41) is 9.11. The Morgan fingerprint density at radius 1 is 1.16 bits per heavy atom. The number of aromatic carboxylic acids is 1. The van der Waals surface area contributed by atoms with Crippen molar-refractivity contribution in [1.29, 1.82) is 0 Å². The maximum Gasteiger partial charge on any atom is 0.338 e. The van der Waals surface area contributed by atoms with E-state index in [1.54, 1.807) is 18.2 Å². The van der Waals surface area contributed by atoms with Gasteiger partial charge in [0, 0.05) is 5.69 Å². The fraction of sp³-hybridized carbons (Fsp3) is 0.0714. The lowest BCUT2D eigenvalue weighted by atomic mass is 10.2. The van der Waals surface area contributed by atoms with Gasteiger partial charge in [-0.1, -0.05) is 12.1 Å². The monoisotopic (exact) mass is 254 g/mol. The van der Waals surface area contributed by atoms with Crippen molar-refractivity contribution in [3.63, 3.8) is 0 Å². The van der Waals surface area contributed by atoms with E-state index >= 15 is 0 Å². The van der Waals surface area contributed by atoms with Crippen molar-refractivity contribution in [2.24, 2.45) is 0 Å². The maximum atomic E-state index is 11.1. The molecule has 0 aliphatic heterocycles. The number of aromatic nitrogens is 2. The fourth-order valence-corrected chi connectivity index (χ4v) is 1.89. The number of pyridine rings is 1. The first kappa shape index (κ1) is 11.4. The minimum Gasteiger partial charge on any atom is -0.478 e. The van der Waals surface area contributed by atoms with E-state index in [1.165, 1.54) is 6.07 Å². The van der Waals surface area contributed by atoms with E-state index in [1.807, 2.05) is 19.1 Å². The van der Waals surface area contributed by atoms with Crippen molar-refractivity contribution in [3.05, 3.63) is 47.7 Å². The summed E-state index contributed by atoms with van der Waals surface area (Å²) in [6.45, 7) is 1.87. The van der Waals surface area contributed by atoms with Crippen LogP contribution in [0.2, 0.25) is 0 Å². The van der Waals surface area contributed by atoms with Crippen LogP contribution < -0.4 is 0 Å². The van der Waals surface area contributed by atoms with Crippen molar-refractivity contribution < 1.29 is 14.3 Å². The lowest BCUT2D eigenvalue weighted by Crippen LogP contribution is -1.96. The number of carboxylic acids is 1. The van der Waals surface area contributed by atoms with Gasteiger partial charge in [0.25, 0.3) is 0 Å². The number of oxazole rings is 1. The van der Waals surface area contributed by atoms with Gasteiger partial charge in [-0.05, 0) is 31.2 Å². The Morgan fingerprint density at radius 3 is 2.68 bits per heavy atom. The van der Waals surface area contributed by atoms with Crippen LogP contribution in [0.4, 0.5) is 0 Å². The van der Waals surface area contributed by atoms with Crippen molar-refractivity contribution in [2.45, 2.75) is 6.92 Å². The lowest BCUT2D eigenvalue weighted by Gasteiger charge is -1.95. The molecule has 2 aromatic heterocycles. The first-order valence-electron chi connectivity index (χ1n) is 5.72. The van der Waals surface area contributed by atoms with Gasteiger partial charge in [-0.15, -0.1) is 0 Å². The number of hydrogen-bond acceptors (Lipinski definition) is 4. The van der Waals surface area contributed by atoms with Crippen LogP contribution in [0.15, 0.2) is 40.8 Å². The minimum absolute atomic E-state index is 0.125. The van der Waals surface area contributed by atoms with E-state index in [0.717, 1.165) is 5.69 Å². The third kappa shape index (κ3) is 1.95. The highest BCUT2D eigenvalue weighted by atomic mass is 16.4. The van der Waals surface area contributed by atoms with Crippen LogP contribution in [0.5, 0.6) is 0 Å². The summed E-state index contributed by atoms with van der Waals surface area (Å²) >= 11 is 0. The highest BCUT2D eigenvalue weighted by Gasteiger charge is 2.15. The number of fused-ring (bicyclic) bond motifs is 1. The molecular formula is C14H10N2O3. The number of rotatable bonds is 2.